The molecule has 5 heteroatoms. The predicted molar refractivity (Wildman–Crippen MR) is 71.5 cm³/mol. The van der Waals surface area contributed by atoms with Gasteiger partial charge in [-0.25, -0.2) is 4.98 Å². The molecule has 0 aromatic carbocycles. The molecule has 1 heterocycles. The zero-order valence-corrected chi connectivity index (χ0v) is 12.0. The van der Waals surface area contributed by atoms with E-state index in [1.54, 1.807) is 12.7 Å². The summed E-state index contributed by atoms with van der Waals surface area (Å²) in [5.74, 6) is -0.867. The van der Waals surface area contributed by atoms with E-state index in [9.17, 15) is 9.90 Å². The van der Waals surface area contributed by atoms with E-state index in [-0.39, 0.29) is 16.7 Å². The van der Waals surface area contributed by atoms with E-state index in [0.717, 1.165) is 32.2 Å². The van der Waals surface area contributed by atoms with Crippen molar-refractivity contribution in [2.24, 2.45) is 16.7 Å². The van der Waals surface area contributed by atoms with Gasteiger partial charge in [-0.2, -0.15) is 5.10 Å². The monoisotopic (exact) mass is 265 g/mol. The van der Waals surface area contributed by atoms with Crippen molar-refractivity contribution < 1.29 is 9.90 Å². The molecule has 0 radical (unpaired) electrons. The summed E-state index contributed by atoms with van der Waals surface area (Å²) in [5.41, 5.74) is -0.0577. The molecule has 1 aromatic rings. The first kappa shape index (κ1) is 14.0. The third-order valence-corrected chi connectivity index (χ3v) is 5.29. The Morgan fingerprint density at radius 1 is 1.47 bits per heavy atom. The van der Waals surface area contributed by atoms with Crippen molar-refractivity contribution >= 4 is 5.97 Å². The lowest BCUT2D eigenvalue weighted by molar-refractivity contribution is -0.146. The molecule has 0 bridgehead atoms. The molecule has 0 unspecified atom stereocenters. The Morgan fingerprint density at radius 2 is 2.21 bits per heavy atom. The van der Waals surface area contributed by atoms with Gasteiger partial charge in [-0.1, -0.05) is 20.8 Å². The van der Waals surface area contributed by atoms with Crippen molar-refractivity contribution in [1.82, 2.24) is 14.8 Å². The lowest BCUT2D eigenvalue weighted by atomic mass is 9.64. The number of aryl methyl sites for hydroxylation is 1. The molecular formula is C14H23N3O2. The second-order valence-corrected chi connectivity index (χ2v) is 6.47. The predicted octanol–water partition coefficient (Wildman–Crippen LogP) is 2.59. The first-order valence-corrected chi connectivity index (χ1v) is 6.92. The van der Waals surface area contributed by atoms with Crippen LogP contribution >= 0.6 is 0 Å². The number of aromatic nitrogens is 3. The Bertz CT molecular complexity index is 442. The molecule has 1 aliphatic carbocycles. The first-order chi connectivity index (χ1) is 8.87. The Balaban J connectivity index is 1.97. The van der Waals surface area contributed by atoms with Crippen molar-refractivity contribution in [3.63, 3.8) is 0 Å². The smallest absolute Gasteiger partial charge is 0.307 e. The molecule has 1 saturated carbocycles. The topological polar surface area (TPSA) is 68.0 Å². The van der Waals surface area contributed by atoms with Crippen LogP contribution in [-0.4, -0.2) is 25.8 Å². The van der Waals surface area contributed by atoms with Gasteiger partial charge in [0.05, 0.1) is 5.92 Å². The van der Waals surface area contributed by atoms with Gasteiger partial charge in [-0.3, -0.25) is 9.48 Å². The van der Waals surface area contributed by atoms with Crippen LogP contribution in [0.3, 0.4) is 0 Å². The Morgan fingerprint density at radius 3 is 2.74 bits per heavy atom. The number of carboxylic acid groups (broad SMARTS) is 1. The van der Waals surface area contributed by atoms with Crippen LogP contribution in [0.4, 0.5) is 0 Å². The average molecular weight is 265 g/mol. The molecule has 1 aromatic heterocycles. The number of hydrogen-bond donors (Lipinski definition) is 1. The molecule has 106 valence electrons. The molecule has 1 fully saturated rings. The van der Waals surface area contributed by atoms with Gasteiger partial charge >= 0.3 is 5.97 Å². The van der Waals surface area contributed by atoms with Crippen LogP contribution in [0.25, 0.3) is 0 Å². The minimum absolute atomic E-state index is 0.0939. The number of carbonyl (C=O) groups is 1. The molecule has 0 aliphatic heterocycles. The van der Waals surface area contributed by atoms with E-state index >= 15 is 0 Å². The summed E-state index contributed by atoms with van der Waals surface area (Å²) in [6.45, 7) is 7.29. The Hall–Kier alpha value is -1.39. The van der Waals surface area contributed by atoms with Crippen molar-refractivity contribution in [3.05, 3.63) is 12.7 Å². The molecule has 0 saturated heterocycles. The van der Waals surface area contributed by atoms with Crippen LogP contribution < -0.4 is 0 Å². The van der Waals surface area contributed by atoms with Gasteiger partial charge < -0.3 is 5.11 Å². The van der Waals surface area contributed by atoms with E-state index < -0.39 is 5.97 Å². The lowest BCUT2D eigenvalue weighted by Gasteiger charge is -2.41. The summed E-state index contributed by atoms with van der Waals surface area (Å²) in [5, 5.41) is 13.4. The normalized spacial score (nSPS) is 29.5. The van der Waals surface area contributed by atoms with Gasteiger partial charge in [0.15, 0.2) is 0 Å². The maximum Gasteiger partial charge on any atom is 0.307 e. The van der Waals surface area contributed by atoms with Gasteiger partial charge in [-0.05, 0) is 36.5 Å². The highest BCUT2D eigenvalue weighted by atomic mass is 16.4. The second-order valence-electron chi connectivity index (χ2n) is 6.47. The average Bonchev–Trinajstić information content (AvgIpc) is 2.88. The minimum Gasteiger partial charge on any atom is -0.481 e. The quantitative estimate of drug-likeness (QED) is 0.888. The van der Waals surface area contributed by atoms with Gasteiger partial charge in [-0.15, -0.1) is 0 Å². The zero-order valence-electron chi connectivity index (χ0n) is 12.0. The second kappa shape index (κ2) is 4.94. The van der Waals surface area contributed by atoms with Crippen LogP contribution in [0, 0.1) is 16.7 Å². The van der Waals surface area contributed by atoms with Crippen LogP contribution in [-0.2, 0) is 11.3 Å². The SMILES string of the molecule is CC1(C)[C@@H](C(=O)O)CC[C@@]1(C)CCCn1cncn1. The number of aliphatic carboxylic acids is 1. The maximum absolute atomic E-state index is 11.3. The molecule has 1 N–H and O–H groups in total. The summed E-state index contributed by atoms with van der Waals surface area (Å²) in [6.07, 6.45) is 7.10. The summed E-state index contributed by atoms with van der Waals surface area (Å²) < 4.78 is 1.83. The fourth-order valence-corrected chi connectivity index (χ4v) is 3.43. The van der Waals surface area contributed by atoms with Crippen molar-refractivity contribution in [2.45, 2.75) is 53.0 Å². The highest BCUT2D eigenvalue weighted by Crippen LogP contribution is 2.58. The molecule has 0 amide bonds. The Labute approximate surface area is 114 Å². The summed E-state index contributed by atoms with van der Waals surface area (Å²) in [4.78, 5) is 15.3. The zero-order chi connectivity index (χ0) is 14.1. The number of rotatable bonds is 5. The van der Waals surface area contributed by atoms with E-state index in [1.165, 1.54) is 0 Å². The third kappa shape index (κ3) is 2.51. The molecule has 2 atom stereocenters. The molecular weight excluding hydrogens is 242 g/mol. The Kier molecular flexibility index (Phi) is 3.65. The fourth-order valence-electron chi connectivity index (χ4n) is 3.43. The number of nitrogens with zero attached hydrogens (tertiary/aromatic N) is 3. The molecule has 5 nitrogen and oxygen atoms in total. The van der Waals surface area contributed by atoms with E-state index in [0.29, 0.717) is 0 Å². The fraction of sp³-hybridized carbons (Fsp3) is 0.786. The van der Waals surface area contributed by atoms with Gasteiger partial charge in [0.25, 0.3) is 0 Å². The lowest BCUT2D eigenvalue weighted by Crippen LogP contribution is -2.37. The van der Waals surface area contributed by atoms with Gasteiger partial charge in [0, 0.05) is 6.54 Å². The molecule has 19 heavy (non-hydrogen) atoms. The minimum atomic E-state index is -0.648. The molecule has 1 aliphatic rings. The highest BCUT2D eigenvalue weighted by molar-refractivity contribution is 5.71. The van der Waals surface area contributed by atoms with Crippen LogP contribution in [0.2, 0.25) is 0 Å². The molecule has 0 spiro atoms. The van der Waals surface area contributed by atoms with Crippen molar-refractivity contribution in [2.75, 3.05) is 0 Å². The van der Waals surface area contributed by atoms with E-state index in [4.69, 9.17) is 0 Å². The number of carboxylic acids is 1. The van der Waals surface area contributed by atoms with Crippen molar-refractivity contribution in [1.29, 1.82) is 0 Å². The van der Waals surface area contributed by atoms with Gasteiger partial charge in [0.1, 0.15) is 12.7 Å². The maximum atomic E-state index is 11.3. The summed E-state index contributed by atoms with van der Waals surface area (Å²) in [7, 11) is 0. The van der Waals surface area contributed by atoms with E-state index in [1.807, 2.05) is 4.68 Å². The van der Waals surface area contributed by atoms with Gasteiger partial charge in [0.2, 0.25) is 0 Å². The summed E-state index contributed by atoms with van der Waals surface area (Å²) in [6, 6.07) is 0. The third-order valence-electron chi connectivity index (χ3n) is 5.29. The van der Waals surface area contributed by atoms with Crippen LogP contribution in [0.5, 0.6) is 0 Å². The highest BCUT2D eigenvalue weighted by Gasteiger charge is 2.53. The van der Waals surface area contributed by atoms with Crippen molar-refractivity contribution in [3.8, 4) is 0 Å². The van der Waals surface area contributed by atoms with Crippen LogP contribution in [0.1, 0.15) is 46.5 Å². The number of hydrogen-bond acceptors (Lipinski definition) is 3. The standard InChI is InChI=1S/C14H23N3O2/c1-13(2)11(12(18)19)5-7-14(13,3)6-4-8-17-10-15-9-16-17/h9-11H,4-8H2,1-3H3,(H,18,19)/t11-,14-/m1/s1. The largest absolute Gasteiger partial charge is 0.481 e. The van der Waals surface area contributed by atoms with E-state index in [2.05, 4.69) is 30.9 Å². The first-order valence-electron chi connectivity index (χ1n) is 6.92. The summed E-state index contributed by atoms with van der Waals surface area (Å²) >= 11 is 0. The van der Waals surface area contributed by atoms with Crippen LogP contribution in [0.15, 0.2) is 12.7 Å². The molecule has 2 rings (SSSR count).